The lowest BCUT2D eigenvalue weighted by Crippen LogP contribution is -2.45. The Morgan fingerprint density at radius 2 is 2.05 bits per heavy atom. The molecule has 1 fully saturated rings. The molecule has 0 bridgehead atoms. The highest BCUT2D eigenvalue weighted by atomic mass is 16.5. The lowest BCUT2D eigenvalue weighted by Gasteiger charge is -2.34. The molecule has 0 aromatic heterocycles. The van der Waals surface area contributed by atoms with Crippen molar-refractivity contribution in [3.63, 3.8) is 0 Å². The number of ether oxygens (including phenoxy) is 1. The van der Waals surface area contributed by atoms with Gasteiger partial charge in [-0.2, -0.15) is 0 Å². The number of rotatable bonds is 4. The summed E-state index contributed by atoms with van der Waals surface area (Å²) in [5.74, 6) is -0.0615. The molecule has 1 aliphatic heterocycles. The fourth-order valence-electron chi connectivity index (χ4n) is 2.89. The molecule has 0 aliphatic carbocycles. The number of piperidine rings is 1. The fourth-order valence-corrected chi connectivity index (χ4v) is 2.89. The summed E-state index contributed by atoms with van der Waals surface area (Å²) < 4.78 is 5.42. The van der Waals surface area contributed by atoms with Crippen LogP contribution in [0.1, 0.15) is 49.8 Å². The van der Waals surface area contributed by atoms with Crippen LogP contribution in [-0.4, -0.2) is 29.6 Å². The van der Waals surface area contributed by atoms with Gasteiger partial charge in [0.2, 0.25) is 0 Å². The van der Waals surface area contributed by atoms with E-state index in [0.29, 0.717) is 0 Å². The molecule has 0 radical (unpaired) electrons. The molecule has 3 heteroatoms. The van der Waals surface area contributed by atoms with E-state index >= 15 is 0 Å². The molecular weight excluding hydrogens is 262 g/mol. The predicted octanol–water partition coefficient (Wildman–Crippen LogP) is 3.61. The summed E-state index contributed by atoms with van der Waals surface area (Å²) in [4.78, 5) is 14.5. The van der Waals surface area contributed by atoms with Crippen LogP contribution in [0.5, 0.6) is 0 Å². The molecular formula is C18H27NO2. The van der Waals surface area contributed by atoms with Crippen LogP contribution in [0.3, 0.4) is 0 Å². The smallest absolute Gasteiger partial charge is 0.323 e. The highest BCUT2D eigenvalue weighted by Gasteiger charge is 2.30. The number of likely N-dealkylation sites (tertiary alicyclic amines) is 1. The van der Waals surface area contributed by atoms with Crippen molar-refractivity contribution in [3.05, 3.63) is 34.9 Å². The number of benzene rings is 1. The van der Waals surface area contributed by atoms with E-state index in [1.165, 1.54) is 16.7 Å². The lowest BCUT2D eigenvalue weighted by molar-refractivity contribution is -0.155. The zero-order chi connectivity index (χ0) is 15.4. The van der Waals surface area contributed by atoms with E-state index < -0.39 is 0 Å². The molecule has 0 spiro atoms. The van der Waals surface area contributed by atoms with Crippen LogP contribution >= 0.6 is 0 Å². The van der Waals surface area contributed by atoms with E-state index in [2.05, 4.69) is 36.9 Å². The molecule has 1 aromatic rings. The average molecular weight is 289 g/mol. The van der Waals surface area contributed by atoms with Crippen molar-refractivity contribution in [1.29, 1.82) is 0 Å². The zero-order valence-electron chi connectivity index (χ0n) is 13.7. The number of hydrogen-bond donors (Lipinski definition) is 0. The van der Waals surface area contributed by atoms with Gasteiger partial charge in [0.05, 0.1) is 6.10 Å². The number of aryl methyl sites for hydroxylation is 2. The van der Waals surface area contributed by atoms with Gasteiger partial charge in [0.15, 0.2) is 0 Å². The SMILES string of the molecule is Cc1ccc(CN2CCCCC2C(=O)OC(C)C)cc1C. The van der Waals surface area contributed by atoms with E-state index in [9.17, 15) is 4.79 Å². The van der Waals surface area contributed by atoms with Crippen LogP contribution in [0, 0.1) is 13.8 Å². The summed E-state index contributed by atoms with van der Waals surface area (Å²) in [7, 11) is 0. The first-order valence-corrected chi connectivity index (χ1v) is 7.98. The molecule has 1 saturated heterocycles. The molecule has 3 nitrogen and oxygen atoms in total. The molecule has 1 atom stereocenters. The van der Waals surface area contributed by atoms with E-state index in [-0.39, 0.29) is 18.1 Å². The summed E-state index contributed by atoms with van der Waals surface area (Å²) in [6.45, 7) is 9.90. The second kappa shape index (κ2) is 7.08. The van der Waals surface area contributed by atoms with Crippen molar-refractivity contribution in [2.24, 2.45) is 0 Å². The first-order chi connectivity index (χ1) is 9.97. The van der Waals surface area contributed by atoms with E-state index in [4.69, 9.17) is 4.74 Å². The molecule has 2 rings (SSSR count). The monoisotopic (exact) mass is 289 g/mol. The quantitative estimate of drug-likeness (QED) is 0.793. The van der Waals surface area contributed by atoms with Crippen molar-refractivity contribution < 1.29 is 9.53 Å². The van der Waals surface area contributed by atoms with Crippen LogP contribution in [-0.2, 0) is 16.1 Å². The lowest BCUT2D eigenvalue weighted by atomic mass is 10.00. The van der Waals surface area contributed by atoms with Crippen LogP contribution in [0.2, 0.25) is 0 Å². The van der Waals surface area contributed by atoms with E-state index in [1.54, 1.807) is 0 Å². The number of hydrogen-bond acceptors (Lipinski definition) is 3. The van der Waals surface area contributed by atoms with Gasteiger partial charge in [-0.05, 0) is 63.8 Å². The predicted molar refractivity (Wildman–Crippen MR) is 85.2 cm³/mol. The van der Waals surface area contributed by atoms with Crippen LogP contribution < -0.4 is 0 Å². The number of esters is 1. The van der Waals surface area contributed by atoms with Crippen LogP contribution in [0.4, 0.5) is 0 Å². The fraction of sp³-hybridized carbons (Fsp3) is 0.611. The van der Waals surface area contributed by atoms with E-state index in [0.717, 1.165) is 32.4 Å². The van der Waals surface area contributed by atoms with Crippen molar-refractivity contribution >= 4 is 5.97 Å². The summed E-state index contributed by atoms with van der Waals surface area (Å²) >= 11 is 0. The van der Waals surface area contributed by atoms with Crippen LogP contribution in [0.25, 0.3) is 0 Å². The molecule has 0 amide bonds. The van der Waals surface area contributed by atoms with Crippen molar-refractivity contribution in [2.75, 3.05) is 6.54 Å². The maximum absolute atomic E-state index is 12.3. The van der Waals surface area contributed by atoms with Gasteiger partial charge in [0.1, 0.15) is 6.04 Å². The van der Waals surface area contributed by atoms with Crippen molar-refractivity contribution in [1.82, 2.24) is 4.90 Å². The minimum atomic E-state index is -0.0808. The first kappa shape index (κ1) is 16.0. The Labute approximate surface area is 128 Å². The third-order valence-electron chi connectivity index (χ3n) is 4.19. The first-order valence-electron chi connectivity index (χ1n) is 7.98. The third-order valence-corrected chi connectivity index (χ3v) is 4.19. The maximum atomic E-state index is 12.3. The average Bonchev–Trinajstić information content (AvgIpc) is 2.43. The Bertz CT molecular complexity index is 496. The number of carbonyl (C=O) groups is 1. The van der Waals surface area contributed by atoms with Gasteiger partial charge in [-0.15, -0.1) is 0 Å². The highest BCUT2D eigenvalue weighted by Crippen LogP contribution is 2.22. The molecule has 1 aliphatic rings. The van der Waals surface area contributed by atoms with Gasteiger partial charge in [0.25, 0.3) is 0 Å². The molecule has 1 unspecified atom stereocenters. The van der Waals surface area contributed by atoms with E-state index in [1.807, 2.05) is 13.8 Å². The molecule has 116 valence electrons. The molecule has 1 aromatic carbocycles. The second-order valence-electron chi connectivity index (χ2n) is 6.39. The van der Waals surface area contributed by atoms with Crippen LogP contribution in [0.15, 0.2) is 18.2 Å². The van der Waals surface area contributed by atoms with Gasteiger partial charge in [0, 0.05) is 6.54 Å². The summed E-state index contributed by atoms with van der Waals surface area (Å²) in [5, 5.41) is 0. The van der Waals surface area contributed by atoms with Gasteiger partial charge >= 0.3 is 5.97 Å². The van der Waals surface area contributed by atoms with Gasteiger partial charge in [-0.3, -0.25) is 9.69 Å². The minimum absolute atomic E-state index is 0.0390. The van der Waals surface area contributed by atoms with Gasteiger partial charge in [-0.1, -0.05) is 24.6 Å². The molecule has 1 heterocycles. The zero-order valence-corrected chi connectivity index (χ0v) is 13.7. The number of carbonyl (C=O) groups excluding carboxylic acids is 1. The number of nitrogens with zero attached hydrogens (tertiary/aromatic N) is 1. The summed E-state index contributed by atoms with van der Waals surface area (Å²) in [6, 6.07) is 6.48. The maximum Gasteiger partial charge on any atom is 0.323 e. The Morgan fingerprint density at radius 3 is 2.71 bits per heavy atom. The Kier molecular flexibility index (Phi) is 5.40. The molecule has 0 saturated carbocycles. The van der Waals surface area contributed by atoms with Crippen molar-refractivity contribution in [2.45, 2.75) is 65.6 Å². The van der Waals surface area contributed by atoms with Gasteiger partial charge < -0.3 is 4.74 Å². The topological polar surface area (TPSA) is 29.5 Å². The largest absolute Gasteiger partial charge is 0.462 e. The minimum Gasteiger partial charge on any atom is -0.462 e. The van der Waals surface area contributed by atoms with Crippen molar-refractivity contribution in [3.8, 4) is 0 Å². The highest BCUT2D eigenvalue weighted by molar-refractivity contribution is 5.76. The Morgan fingerprint density at radius 1 is 1.29 bits per heavy atom. The Balaban J connectivity index is 2.07. The molecule has 0 N–H and O–H groups in total. The van der Waals surface area contributed by atoms with Gasteiger partial charge in [-0.25, -0.2) is 0 Å². The summed E-state index contributed by atoms with van der Waals surface area (Å²) in [6.07, 6.45) is 3.15. The standard InChI is InChI=1S/C18H27NO2/c1-13(2)21-18(20)17-7-5-6-10-19(17)12-16-9-8-14(3)15(4)11-16/h8-9,11,13,17H,5-7,10,12H2,1-4H3. The second-order valence-corrected chi connectivity index (χ2v) is 6.39. The molecule has 21 heavy (non-hydrogen) atoms. The third kappa shape index (κ3) is 4.31. The Hall–Kier alpha value is -1.35. The summed E-state index contributed by atoms with van der Waals surface area (Å²) in [5.41, 5.74) is 3.90. The normalized spacial score (nSPS) is 19.8.